The fraction of sp³-hybridized carbons (Fsp3) is 0.263. The Balaban J connectivity index is 1.48. The minimum absolute atomic E-state index is 0.183. The van der Waals surface area contributed by atoms with Gasteiger partial charge in [0.1, 0.15) is 12.4 Å². The molecule has 1 aliphatic rings. The van der Waals surface area contributed by atoms with Crippen LogP contribution in [0.2, 0.25) is 0 Å². The van der Waals surface area contributed by atoms with Gasteiger partial charge in [-0.2, -0.15) is 0 Å². The lowest BCUT2D eigenvalue weighted by molar-refractivity contribution is -0.134. The van der Waals surface area contributed by atoms with Crippen molar-refractivity contribution in [2.45, 2.75) is 12.5 Å². The lowest BCUT2D eigenvalue weighted by Gasteiger charge is -2.25. The van der Waals surface area contributed by atoms with Crippen LogP contribution in [0.3, 0.4) is 0 Å². The first-order valence-corrected chi connectivity index (χ1v) is 8.08. The van der Waals surface area contributed by atoms with Crippen LogP contribution in [0.25, 0.3) is 0 Å². The van der Waals surface area contributed by atoms with E-state index in [1.54, 1.807) is 12.1 Å². The van der Waals surface area contributed by atoms with E-state index in [1.165, 1.54) is 12.1 Å². The van der Waals surface area contributed by atoms with Gasteiger partial charge in [-0.1, -0.05) is 24.3 Å². The number of hydrogen-bond donors (Lipinski definition) is 2. The Kier molecular flexibility index (Phi) is 5.30. The molecule has 2 aromatic carbocycles. The van der Waals surface area contributed by atoms with Crippen molar-refractivity contribution in [1.29, 1.82) is 0 Å². The van der Waals surface area contributed by atoms with E-state index < -0.39 is 12.1 Å². The molecule has 1 aliphatic heterocycles. The highest BCUT2D eigenvalue weighted by molar-refractivity contribution is 5.87. The second kappa shape index (κ2) is 7.81. The van der Waals surface area contributed by atoms with Gasteiger partial charge in [0.2, 0.25) is 0 Å². The summed E-state index contributed by atoms with van der Waals surface area (Å²) in [5.41, 5.74) is 2.26. The fourth-order valence-electron chi connectivity index (χ4n) is 2.74. The third-order valence-corrected chi connectivity index (χ3v) is 4.00. The van der Waals surface area contributed by atoms with Crippen molar-refractivity contribution in [3.63, 3.8) is 0 Å². The number of rotatable bonds is 6. The first-order chi connectivity index (χ1) is 12.1. The monoisotopic (exact) mass is 341 g/mol. The van der Waals surface area contributed by atoms with E-state index in [-0.39, 0.29) is 18.1 Å². The number of fused-ring (bicyclic) bond motifs is 1. The van der Waals surface area contributed by atoms with Gasteiger partial charge in [-0.3, -0.25) is 4.79 Å². The van der Waals surface area contributed by atoms with Gasteiger partial charge in [0.25, 0.3) is 5.91 Å². The second-order valence-electron chi connectivity index (χ2n) is 5.67. The van der Waals surface area contributed by atoms with Crippen LogP contribution in [0.1, 0.15) is 27.6 Å². The van der Waals surface area contributed by atoms with E-state index in [0.717, 1.165) is 17.5 Å². The number of carbonyl (C=O) groups is 2. The Morgan fingerprint density at radius 1 is 1.16 bits per heavy atom. The number of carbonyl (C=O) groups excluding carboxylic acids is 1. The van der Waals surface area contributed by atoms with Gasteiger partial charge in [-0.15, -0.1) is 0 Å². The lowest BCUT2D eigenvalue weighted by Crippen LogP contribution is -2.35. The van der Waals surface area contributed by atoms with Crippen LogP contribution in [0, 0.1) is 0 Å². The molecule has 3 rings (SSSR count). The molecule has 0 bridgehead atoms. The van der Waals surface area contributed by atoms with Gasteiger partial charge >= 0.3 is 5.97 Å². The topological polar surface area (TPSA) is 84.9 Å². The molecule has 1 unspecified atom stereocenters. The minimum Gasteiger partial charge on any atom is -0.492 e. The lowest BCUT2D eigenvalue weighted by atomic mass is 9.97. The van der Waals surface area contributed by atoms with Gasteiger partial charge in [-0.25, -0.2) is 4.79 Å². The van der Waals surface area contributed by atoms with Crippen molar-refractivity contribution in [3.05, 3.63) is 65.2 Å². The number of ether oxygens (including phenoxy) is 2. The average molecular weight is 341 g/mol. The molecule has 0 aromatic heterocycles. The van der Waals surface area contributed by atoms with E-state index in [4.69, 9.17) is 14.6 Å². The number of carboxylic acids is 1. The highest BCUT2D eigenvalue weighted by atomic mass is 16.5. The summed E-state index contributed by atoms with van der Waals surface area (Å²) in [5, 5.41) is 11.7. The van der Waals surface area contributed by atoms with Crippen LogP contribution in [-0.4, -0.2) is 36.7 Å². The second-order valence-corrected chi connectivity index (χ2v) is 5.67. The van der Waals surface area contributed by atoms with Crippen LogP contribution >= 0.6 is 0 Å². The van der Waals surface area contributed by atoms with Crippen LogP contribution in [0.4, 0.5) is 0 Å². The zero-order chi connectivity index (χ0) is 17.6. The predicted octanol–water partition coefficient (Wildman–Crippen LogP) is 2.19. The zero-order valence-corrected chi connectivity index (χ0v) is 13.6. The maximum atomic E-state index is 12.3. The number of benzene rings is 2. The maximum Gasteiger partial charge on any atom is 0.335 e. The quantitative estimate of drug-likeness (QED) is 0.787. The molecule has 0 spiro atoms. The van der Waals surface area contributed by atoms with Crippen LogP contribution in [-0.2, 0) is 16.0 Å². The van der Waals surface area contributed by atoms with E-state index in [1.807, 2.05) is 24.3 Å². The predicted molar refractivity (Wildman–Crippen MR) is 90.7 cm³/mol. The molecule has 1 atom stereocenters. The van der Waals surface area contributed by atoms with Crippen LogP contribution < -0.4 is 10.1 Å². The van der Waals surface area contributed by atoms with Gasteiger partial charge in [-0.05, 0) is 41.8 Å². The molecule has 0 aliphatic carbocycles. The largest absolute Gasteiger partial charge is 0.492 e. The van der Waals surface area contributed by atoms with Crippen molar-refractivity contribution in [1.82, 2.24) is 5.32 Å². The summed E-state index contributed by atoms with van der Waals surface area (Å²) in [6.07, 6.45) is 0.231. The molecule has 6 nitrogen and oxygen atoms in total. The summed E-state index contributed by atoms with van der Waals surface area (Å²) in [6.45, 7) is 1.15. The van der Waals surface area contributed by atoms with Crippen molar-refractivity contribution in [3.8, 4) is 5.75 Å². The third-order valence-electron chi connectivity index (χ3n) is 4.00. The summed E-state index contributed by atoms with van der Waals surface area (Å²) >= 11 is 0. The van der Waals surface area contributed by atoms with E-state index in [0.29, 0.717) is 18.9 Å². The molecule has 6 heteroatoms. The van der Waals surface area contributed by atoms with E-state index in [9.17, 15) is 9.59 Å². The molecule has 1 heterocycles. The molecule has 130 valence electrons. The minimum atomic E-state index is -0.980. The number of amides is 1. The molecule has 2 aromatic rings. The molecule has 25 heavy (non-hydrogen) atoms. The molecular formula is C19H19NO5. The van der Waals surface area contributed by atoms with Crippen molar-refractivity contribution >= 4 is 11.9 Å². The molecular weight excluding hydrogens is 322 g/mol. The standard InChI is InChI=1S/C19H19NO5/c21-18(17-16-4-2-1-3-13(16)9-11-25-17)20-10-12-24-15-7-5-14(6-8-15)19(22)23/h1-8,17H,9-12H2,(H,20,21)(H,22,23). The molecule has 0 fully saturated rings. The van der Waals surface area contributed by atoms with E-state index in [2.05, 4.69) is 5.32 Å². The first-order valence-electron chi connectivity index (χ1n) is 8.08. The SMILES string of the molecule is O=C(O)c1ccc(OCCNC(=O)C2OCCc3ccccc32)cc1. The highest BCUT2D eigenvalue weighted by Crippen LogP contribution is 2.26. The number of carboxylic acid groups (broad SMARTS) is 1. The summed E-state index contributed by atoms with van der Waals surface area (Å²) in [6, 6.07) is 13.9. The Bertz CT molecular complexity index is 757. The Labute approximate surface area is 145 Å². The fourth-order valence-corrected chi connectivity index (χ4v) is 2.74. The number of hydrogen-bond acceptors (Lipinski definition) is 4. The number of nitrogens with one attached hydrogen (secondary N) is 1. The molecule has 0 saturated heterocycles. The van der Waals surface area contributed by atoms with Gasteiger partial charge in [0.15, 0.2) is 6.10 Å². The summed E-state index contributed by atoms with van der Waals surface area (Å²) < 4.78 is 11.1. The summed E-state index contributed by atoms with van der Waals surface area (Å²) in [5.74, 6) is -0.609. The Hall–Kier alpha value is -2.86. The van der Waals surface area contributed by atoms with Crippen LogP contribution in [0.15, 0.2) is 48.5 Å². The smallest absolute Gasteiger partial charge is 0.335 e. The Morgan fingerprint density at radius 2 is 1.92 bits per heavy atom. The Morgan fingerprint density at radius 3 is 2.68 bits per heavy atom. The van der Waals surface area contributed by atoms with Gasteiger partial charge < -0.3 is 19.9 Å². The highest BCUT2D eigenvalue weighted by Gasteiger charge is 2.26. The van der Waals surface area contributed by atoms with Crippen molar-refractivity contribution in [2.75, 3.05) is 19.8 Å². The van der Waals surface area contributed by atoms with Gasteiger partial charge in [0.05, 0.1) is 18.7 Å². The molecule has 1 amide bonds. The molecule has 2 N–H and O–H groups in total. The summed E-state index contributed by atoms with van der Waals surface area (Å²) in [7, 11) is 0. The number of aromatic carboxylic acids is 1. The van der Waals surface area contributed by atoms with Crippen molar-refractivity contribution in [2.24, 2.45) is 0 Å². The van der Waals surface area contributed by atoms with Gasteiger partial charge in [0, 0.05) is 0 Å². The third kappa shape index (κ3) is 4.16. The summed E-state index contributed by atoms with van der Waals surface area (Å²) in [4.78, 5) is 23.1. The maximum absolute atomic E-state index is 12.3. The molecule has 0 radical (unpaired) electrons. The average Bonchev–Trinajstić information content (AvgIpc) is 2.65. The first kappa shape index (κ1) is 17.0. The van der Waals surface area contributed by atoms with Crippen LogP contribution in [0.5, 0.6) is 5.75 Å². The molecule has 0 saturated carbocycles. The normalized spacial score (nSPS) is 15.9. The van der Waals surface area contributed by atoms with E-state index >= 15 is 0 Å². The zero-order valence-electron chi connectivity index (χ0n) is 13.6. The van der Waals surface area contributed by atoms with Crippen molar-refractivity contribution < 1.29 is 24.2 Å².